The van der Waals surface area contributed by atoms with Crippen LogP contribution in [0.2, 0.25) is 0 Å². The molecule has 1 aliphatic rings. The summed E-state index contributed by atoms with van der Waals surface area (Å²) in [5.41, 5.74) is 0.781. The van der Waals surface area contributed by atoms with E-state index in [4.69, 9.17) is 0 Å². The molecule has 1 aromatic rings. The smallest absolute Gasteiger partial charge is 0.159 e. The molecule has 1 fully saturated rings. The average molecular weight is 254 g/mol. The molecular weight excluding hydrogens is 234 g/mol. The highest BCUT2D eigenvalue weighted by atomic mass is 19.2. The first-order chi connectivity index (χ1) is 8.70. The lowest BCUT2D eigenvalue weighted by atomic mass is 10.2. The summed E-state index contributed by atoms with van der Waals surface area (Å²) in [5, 5.41) is 3.27. The largest absolute Gasteiger partial charge is 0.311 e. The highest BCUT2D eigenvalue weighted by Gasteiger charge is 2.26. The fourth-order valence-electron chi connectivity index (χ4n) is 2.14. The Morgan fingerprint density at radius 1 is 1.28 bits per heavy atom. The quantitative estimate of drug-likeness (QED) is 0.752. The lowest BCUT2D eigenvalue weighted by Gasteiger charge is -2.19. The summed E-state index contributed by atoms with van der Waals surface area (Å²) in [6, 6.07) is 4.82. The maximum absolute atomic E-state index is 13.0. The molecule has 4 heteroatoms. The van der Waals surface area contributed by atoms with Gasteiger partial charge in [-0.25, -0.2) is 8.78 Å². The van der Waals surface area contributed by atoms with Gasteiger partial charge in [0.2, 0.25) is 0 Å². The standard InChI is InChI=1S/C14H20F2N2/c1-2-18(12-4-5-12)8-7-17-10-11-3-6-13(15)14(16)9-11/h3,6,9,12,17H,2,4-5,7-8,10H2,1H3. The van der Waals surface area contributed by atoms with Crippen molar-refractivity contribution < 1.29 is 8.78 Å². The molecule has 1 N–H and O–H groups in total. The summed E-state index contributed by atoms with van der Waals surface area (Å²) in [7, 11) is 0. The van der Waals surface area contributed by atoms with Crippen LogP contribution in [0.15, 0.2) is 18.2 Å². The molecule has 2 rings (SSSR count). The Balaban J connectivity index is 1.69. The van der Waals surface area contributed by atoms with Crippen LogP contribution >= 0.6 is 0 Å². The van der Waals surface area contributed by atoms with Gasteiger partial charge in [-0.2, -0.15) is 0 Å². The van der Waals surface area contributed by atoms with E-state index in [0.29, 0.717) is 6.54 Å². The van der Waals surface area contributed by atoms with Crippen molar-refractivity contribution in [1.29, 1.82) is 0 Å². The minimum Gasteiger partial charge on any atom is -0.311 e. The van der Waals surface area contributed by atoms with Gasteiger partial charge >= 0.3 is 0 Å². The first kappa shape index (κ1) is 13.4. The molecule has 0 saturated heterocycles. The topological polar surface area (TPSA) is 15.3 Å². The second kappa shape index (κ2) is 6.25. The minimum atomic E-state index is -0.787. The molecule has 0 aliphatic heterocycles. The molecular formula is C14H20F2N2. The Hall–Kier alpha value is -1.00. The van der Waals surface area contributed by atoms with Gasteiger partial charge < -0.3 is 5.32 Å². The molecule has 1 saturated carbocycles. The Morgan fingerprint density at radius 2 is 2.06 bits per heavy atom. The maximum Gasteiger partial charge on any atom is 0.159 e. The van der Waals surface area contributed by atoms with E-state index < -0.39 is 11.6 Å². The zero-order valence-electron chi connectivity index (χ0n) is 10.8. The van der Waals surface area contributed by atoms with E-state index in [1.807, 2.05) is 0 Å². The van der Waals surface area contributed by atoms with Crippen LogP contribution in [0, 0.1) is 11.6 Å². The lowest BCUT2D eigenvalue weighted by molar-refractivity contribution is 0.277. The van der Waals surface area contributed by atoms with E-state index in [-0.39, 0.29) is 0 Å². The van der Waals surface area contributed by atoms with Crippen molar-refractivity contribution in [3.05, 3.63) is 35.4 Å². The van der Waals surface area contributed by atoms with Gasteiger partial charge in [-0.1, -0.05) is 13.0 Å². The molecule has 0 radical (unpaired) electrons. The third-order valence-electron chi connectivity index (χ3n) is 3.36. The molecule has 1 aromatic carbocycles. The van der Waals surface area contributed by atoms with Crippen LogP contribution in [0.5, 0.6) is 0 Å². The van der Waals surface area contributed by atoms with Crippen LogP contribution in [-0.4, -0.2) is 30.6 Å². The Kier molecular flexibility index (Phi) is 4.66. The van der Waals surface area contributed by atoms with Crippen molar-refractivity contribution in [2.75, 3.05) is 19.6 Å². The first-order valence-corrected chi connectivity index (χ1v) is 6.59. The van der Waals surface area contributed by atoms with Gasteiger partial charge in [-0.15, -0.1) is 0 Å². The molecule has 0 unspecified atom stereocenters. The Morgan fingerprint density at radius 3 is 2.67 bits per heavy atom. The molecule has 100 valence electrons. The van der Waals surface area contributed by atoms with Gasteiger partial charge in [-0.05, 0) is 37.1 Å². The molecule has 18 heavy (non-hydrogen) atoms. The van der Waals surface area contributed by atoms with Gasteiger partial charge in [-0.3, -0.25) is 4.90 Å². The number of nitrogens with one attached hydrogen (secondary N) is 1. The van der Waals surface area contributed by atoms with E-state index in [2.05, 4.69) is 17.1 Å². The first-order valence-electron chi connectivity index (χ1n) is 6.59. The van der Waals surface area contributed by atoms with Crippen LogP contribution in [-0.2, 0) is 6.54 Å². The Bertz CT molecular complexity index is 391. The van der Waals surface area contributed by atoms with E-state index in [1.165, 1.54) is 25.0 Å². The molecule has 0 bridgehead atoms. The molecule has 0 spiro atoms. The second-order valence-electron chi connectivity index (χ2n) is 4.79. The fourth-order valence-corrected chi connectivity index (χ4v) is 2.14. The number of likely N-dealkylation sites (N-methyl/N-ethyl adjacent to an activating group) is 1. The van der Waals surface area contributed by atoms with Crippen LogP contribution in [0.1, 0.15) is 25.3 Å². The van der Waals surface area contributed by atoms with Gasteiger partial charge in [0.15, 0.2) is 11.6 Å². The van der Waals surface area contributed by atoms with Crippen LogP contribution in [0.3, 0.4) is 0 Å². The van der Waals surface area contributed by atoms with Crippen molar-refractivity contribution in [1.82, 2.24) is 10.2 Å². The molecule has 0 atom stereocenters. The zero-order valence-corrected chi connectivity index (χ0v) is 10.8. The molecule has 0 aromatic heterocycles. The van der Waals surface area contributed by atoms with Crippen LogP contribution in [0.25, 0.3) is 0 Å². The summed E-state index contributed by atoms with van der Waals surface area (Å²) in [6.45, 7) is 5.73. The third-order valence-corrected chi connectivity index (χ3v) is 3.36. The summed E-state index contributed by atoms with van der Waals surface area (Å²) in [4.78, 5) is 2.46. The number of hydrogen-bond donors (Lipinski definition) is 1. The number of halogens is 2. The average Bonchev–Trinajstić information content (AvgIpc) is 3.18. The van der Waals surface area contributed by atoms with E-state index in [0.717, 1.165) is 31.2 Å². The van der Waals surface area contributed by atoms with Crippen molar-refractivity contribution in [2.24, 2.45) is 0 Å². The molecule has 0 amide bonds. The van der Waals surface area contributed by atoms with E-state index >= 15 is 0 Å². The van der Waals surface area contributed by atoms with Crippen molar-refractivity contribution in [3.63, 3.8) is 0 Å². The molecule has 1 aliphatic carbocycles. The SMILES string of the molecule is CCN(CCNCc1ccc(F)c(F)c1)C1CC1. The van der Waals surface area contributed by atoms with Crippen LogP contribution in [0.4, 0.5) is 8.78 Å². The van der Waals surface area contributed by atoms with Crippen molar-refractivity contribution in [2.45, 2.75) is 32.4 Å². The third kappa shape index (κ3) is 3.75. The number of nitrogens with zero attached hydrogens (tertiary/aromatic N) is 1. The van der Waals surface area contributed by atoms with E-state index in [9.17, 15) is 8.78 Å². The highest BCUT2D eigenvalue weighted by Crippen LogP contribution is 2.25. The summed E-state index contributed by atoms with van der Waals surface area (Å²) < 4.78 is 25.7. The lowest BCUT2D eigenvalue weighted by Crippen LogP contribution is -2.33. The summed E-state index contributed by atoms with van der Waals surface area (Å²) >= 11 is 0. The van der Waals surface area contributed by atoms with Gasteiger partial charge in [0.1, 0.15) is 0 Å². The molecule has 0 heterocycles. The predicted octanol–water partition coefficient (Wildman–Crippen LogP) is 2.54. The number of rotatable bonds is 7. The maximum atomic E-state index is 13.0. The minimum absolute atomic E-state index is 0.583. The van der Waals surface area contributed by atoms with Crippen molar-refractivity contribution in [3.8, 4) is 0 Å². The number of hydrogen-bond acceptors (Lipinski definition) is 2. The van der Waals surface area contributed by atoms with Gasteiger partial charge in [0.25, 0.3) is 0 Å². The van der Waals surface area contributed by atoms with E-state index in [1.54, 1.807) is 6.07 Å². The second-order valence-corrected chi connectivity index (χ2v) is 4.79. The summed E-state index contributed by atoms with van der Waals surface area (Å²) in [5.74, 6) is -1.56. The van der Waals surface area contributed by atoms with Gasteiger partial charge in [0, 0.05) is 25.7 Å². The normalized spacial score (nSPS) is 15.3. The van der Waals surface area contributed by atoms with Crippen LogP contribution < -0.4 is 5.32 Å². The zero-order chi connectivity index (χ0) is 13.0. The summed E-state index contributed by atoms with van der Waals surface area (Å²) in [6.07, 6.45) is 2.63. The number of benzene rings is 1. The van der Waals surface area contributed by atoms with Crippen molar-refractivity contribution >= 4 is 0 Å². The highest BCUT2D eigenvalue weighted by molar-refractivity contribution is 5.17. The molecule has 2 nitrogen and oxygen atoms in total. The van der Waals surface area contributed by atoms with Gasteiger partial charge in [0.05, 0.1) is 0 Å². The predicted molar refractivity (Wildman–Crippen MR) is 68.3 cm³/mol. The Labute approximate surface area is 107 Å². The monoisotopic (exact) mass is 254 g/mol. The fraction of sp³-hybridized carbons (Fsp3) is 0.571.